The Morgan fingerprint density at radius 1 is 0.526 bits per heavy atom. The summed E-state index contributed by atoms with van der Waals surface area (Å²) in [5.41, 5.74) is 0. The minimum Gasteiger partial charge on any atom is -0.870 e. The fourth-order valence-corrected chi connectivity index (χ4v) is 2.64. The average molecular weight is 282 g/mol. The van der Waals surface area contributed by atoms with Crippen molar-refractivity contribution in [1.29, 1.82) is 0 Å². The van der Waals surface area contributed by atoms with Crippen LogP contribution in [0.2, 0.25) is 0 Å². The summed E-state index contributed by atoms with van der Waals surface area (Å²) >= 11 is 0. The Kier molecular flexibility index (Phi) is 22.3. The summed E-state index contributed by atoms with van der Waals surface area (Å²) in [6.45, 7) is 15.0. The molecule has 3 heteroatoms. The standard InChI is InChI=1S/C16H36N.Na.H2O/c1-5-9-13-17(14-10-6-2,15-11-7-3)16-12-8-4;;/h5-16H2,1-4H3;;1H2/q2*+1;/p-1. The zero-order valence-corrected chi connectivity index (χ0v) is 16.4. The summed E-state index contributed by atoms with van der Waals surface area (Å²) in [5, 5.41) is 0. The second-order valence-corrected chi connectivity index (χ2v) is 5.65. The van der Waals surface area contributed by atoms with E-state index in [9.17, 15) is 0 Å². The molecule has 0 spiro atoms. The van der Waals surface area contributed by atoms with Gasteiger partial charge in [0, 0.05) is 0 Å². The molecule has 112 valence electrons. The number of nitrogens with zero attached hydrogens (tertiary/aromatic N) is 1. The molecule has 0 saturated heterocycles. The second-order valence-electron chi connectivity index (χ2n) is 5.65. The molecule has 0 aliphatic rings. The normalized spacial score (nSPS) is 10.7. The molecule has 0 heterocycles. The van der Waals surface area contributed by atoms with Gasteiger partial charge < -0.3 is 9.96 Å². The van der Waals surface area contributed by atoms with Crippen molar-refractivity contribution in [3.63, 3.8) is 0 Å². The van der Waals surface area contributed by atoms with Crippen LogP contribution in [0.15, 0.2) is 0 Å². The van der Waals surface area contributed by atoms with Gasteiger partial charge in [0.25, 0.3) is 0 Å². The number of rotatable bonds is 12. The average Bonchev–Trinajstić information content (AvgIpc) is 2.37. The first-order valence-electron chi connectivity index (χ1n) is 8.09. The van der Waals surface area contributed by atoms with Gasteiger partial charge in [-0.1, -0.05) is 53.4 Å². The second kappa shape index (κ2) is 17.0. The number of unbranched alkanes of at least 4 members (excludes halogenated alkanes) is 4. The van der Waals surface area contributed by atoms with Gasteiger partial charge in [0.05, 0.1) is 26.2 Å². The molecule has 0 bridgehead atoms. The maximum absolute atomic E-state index is 2.33. The molecule has 0 atom stereocenters. The van der Waals surface area contributed by atoms with E-state index in [4.69, 9.17) is 0 Å². The van der Waals surface area contributed by atoms with Crippen molar-refractivity contribution in [2.24, 2.45) is 0 Å². The molecule has 0 fully saturated rings. The summed E-state index contributed by atoms with van der Waals surface area (Å²) < 4.78 is 1.42. The predicted octanol–water partition coefficient (Wildman–Crippen LogP) is 1.83. The third-order valence-electron chi connectivity index (χ3n) is 3.94. The third-order valence-corrected chi connectivity index (χ3v) is 3.94. The zero-order chi connectivity index (χ0) is 13.0. The van der Waals surface area contributed by atoms with Gasteiger partial charge in [0.1, 0.15) is 0 Å². The SMILES string of the molecule is CCCC[N+](CCCC)(CCCC)CCCC.[Na+].[OH-]. The van der Waals surface area contributed by atoms with Gasteiger partial charge in [-0.2, -0.15) is 0 Å². The quantitative estimate of drug-likeness (QED) is 0.397. The third kappa shape index (κ3) is 12.4. The minimum absolute atomic E-state index is 0. The first kappa shape index (κ1) is 24.9. The first-order valence-corrected chi connectivity index (χ1v) is 8.09. The number of hydrogen-bond donors (Lipinski definition) is 0. The van der Waals surface area contributed by atoms with E-state index in [2.05, 4.69) is 27.7 Å². The topological polar surface area (TPSA) is 30.0 Å². The van der Waals surface area contributed by atoms with Gasteiger partial charge >= 0.3 is 29.6 Å². The molecule has 0 aliphatic heterocycles. The summed E-state index contributed by atoms with van der Waals surface area (Å²) in [7, 11) is 0. The summed E-state index contributed by atoms with van der Waals surface area (Å²) in [6.07, 6.45) is 11.1. The molecular formula is C16H37NNaO+. The minimum atomic E-state index is 0. The van der Waals surface area contributed by atoms with E-state index in [0.29, 0.717) is 0 Å². The Morgan fingerprint density at radius 3 is 0.895 bits per heavy atom. The maximum atomic E-state index is 2.33. The van der Waals surface area contributed by atoms with Crippen molar-refractivity contribution in [1.82, 2.24) is 0 Å². The molecular weight excluding hydrogens is 245 g/mol. The molecule has 0 amide bonds. The van der Waals surface area contributed by atoms with E-state index < -0.39 is 0 Å². The van der Waals surface area contributed by atoms with Crippen LogP contribution in [0.4, 0.5) is 0 Å². The van der Waals surface area contributed by atoms with Crippen molar-refractivity contribution in [3.8, 4) is 0 Å². The fraction of sp³-hybridized carbons (Fsp3) is 1.00. The van der Waals surface area contributed by atoms with Crippen molar-refractivity contribution >= 4 is 0 Å². The Hall–Kier alpha value is 0.920. The van der Waals surface area contributed by atoms with Gasteiger partial charge in [0.15, 0.2) is 0 Å². The molecule has 0 aromatic rings. The molecule has 1 N–H and O–H groups in total. The van der Waals surface area contributed by atoms with E-state index in [1.165, 1.54) is 82.0 Å². The zero-order valence-electron chi connectivity index (χ0n) is 14.4. The van der Waals surface area contributed by atoms with Crippen molar-refractivity contribution in [2.45, 2.75) is 79.1 Å². The molecule has 0 rings (SSSR count). The monoisotopic (exact) mass is 282 g/mol. The molecule has 2 nitrogen and oxygen atoms in total. The maximum Gasteiger partial charge on any atom is 1.00 e. The van der Waals surface area contributed by atoms with Gasteiger partial charge in [-0.25, -0.2) is 0 Å². The summed E-state index contributed by atoms with van der Waals surface area (Å²) in [4.78, 5) is 0. The van der Waals surface area contributed by atoms with Crippen molar-refractivity contribution in [3.05, 3.63) is 0 Å². The molecule has 0 unspecified atom stereocenters. The van der Waals surface area contributed by atoms with E-state index in [1.807, 2.05) is 0 Å². The van der Waals surface area contributed by atoms with Crippen LogP contribution < -0.4 is 29.6 Å². The Labute approximate surface area is 144 Å². The van der Waals surface area contributed by atoms with Crippen LogP contribution in [-0.4, -0.2) is 36.1 Å². The fourth-order valence-electron chi connectivity index (χ4n) is 2.64. The van der Waals surface area contributed by atoms with Crippen LogP contribution in [0.25, 0.3) is 0 Å². The molecule has 0 aromatic heterocycles. The first-order chi connectivity index (χ1) is 8.24. The molecule has 0 aliphatic carbocycles. The van der Waals surface area contributed by atoms with Gasteiger partial charge in [0.2, 0.25) is 0 Å². The smallest absolute Gasteiger partial charge is 0.870 e. The van der Waals surface area contributed by atoms with Crippen LogP contribution in [0.1, 0.15) is 79.1 Å². The van der Waals surface area contributed by atoms with Crippen molar-refractivity contribution in [2.75, 3.05) is 26.2 Å². The van der Waals surface area contributed by atoms with Crippen LogP contribution in [0.5, 0.6) is 0 Å². The van der Waals surface area contributed by atoms with E-state index >= 15 is 0 Å². The Bertz CT molecular complexity index is 127. The molecule has 0 saturated carbocycles. The van der Waals surface area contributed by atoms with Crippen LogP contribution in [0, 0.1) is 0 Å². The molecule has 19 heavy (non-hydrogen) atoms. The largest absolute Gasteiger partial charge is 1.00 e. The van der Waals surface area contributed by atoms with Crippen LogP contribution in [-0.2, 0) is 0 Å². The van der Waals surface area contributed by atoms with E-state index in [0.717, 1.165) is 0 Å². The molecule has 0 aromatic carbocycles. The Balaban J connectivity index is -0.00000128. The van der Waals surface area contributed by atoms with Gasteiger partial charge in [-0.3, -0.25) is 0 Å². The van der Waals surface area contributed by atoms with Gasteiger partial charge in [-0.05, 0) is 25.7 Å². The summed E-state index contributed by atoms with van der Waals surface area (Å²) in [6, 6.07) is 0. The van der Waals surface area contributed by atoms with Crippen LogP contribution >= 0.6 is 0 Å². The van der Waals surface area contributed by atoms with Crippen LogP contribution in [0.3, 0.4) is 0 Å². The number of quaternary nitrogens is 1. The van der Waals surface area contributed by atoms with E-state index in [-0.39, 0.29) is 35.0 Å². The number of hydrogen-bond acceptors (Lipinski definition) is 1. The van der Waals surface area contributed by atoms with E-state index in [1.54, 1.807) is 0 Å². The summed E-state index contributed by atoms with van der Waals surface area (Å²) in [5.74, 6) is 0. The predicted molar refractivity (Wildman–Crippen MR) is 81.3 cm³/mol. The van der Waals surface area contributed by atoms with Crippen molar-refractivity contribution < 1.29 is 39.5 Å². The Morgan fingerprint density at radius 2 is 0.737 bits per heavy atom. The molecule has 0 radical (unpaired) electrons. The van der Waals surface area contributed by atoms with Gasteiger partial charge in [-0.15, -0.1) is 0 Å².